The van der Waals surface area contributed by atoms with Gasteiger partial charge in [0.15, 0.2) is 5.96 Å². The molecule has 1 fully saturated rings. The number of aliphatic imine (C=N–C) groups is 1. The van der Waals surface area contributed by atoms with Crippen molar-refractivity contribution in [1.29, 1.82) is 0 Å². The standard InChI is InChI=1S/C31H54N10O11/c1-15(2)11-19(25(46)40-24(16(3)4)28(49)38-18(30(51)52)7-5-9-35-31(33)34)39-26(47)20(14-42)37-22(43)13-36-27(48)21-8-6-10-41(21)29(50)17(32)12-23(44)45/h15-21,24,42H,5-14,32H2,1-4H3,(H,36,48)(H,37,43)(H,38,49)(H,39,47)(H,40,46)(H,44,45)(H,51,52)(H4,33,34,35)/t17-,18-,19-,20-,21-,24-/m0/s1. The van der Waals surface area contributed by atoms with Crippen molar-refractivity contribution in [2.24, 2.45) is 34.0 Å². The summed E-state index contributed by atoms with van der Waals surface area (Å²) in [5.74, 6) is -8.20. The molecule has 1 aliphatic heterocycles. The third-order valence-electron chi connectivity index (χ3n) is 7.95. The maximum atomic E-state index is 13.4. The van der Waals surface area contributed by atoms with Crippen LogP contribution in [-0.4, -0.2) is 136 Å². The van der Waals surface area contributed by atoms with Gasteiger partial charge in [-0.1, -0.05) is 27.7 Å². The third-order valence-corrected chi connectivity index (χ3v) is 7.95. The second-order valence-corrected chi connectivity index (χ2v) is 13.2. The van der Waals surface area contributed by atoms with Gasteiger partial charge in [0.2, 0.25) is 35.4 Å². The van der Waals surface area contributed by atoms with Crippen LogP contribution in [0.25, 0.3) is 0 Å². The van der Waals surface area contributed by atoms with Crippen molar-refractivity contribution in [1.82, 2.24) is 31.5 Å². The second-order valence-electron chi connectivity index (χ2n) is 13.2. The van der Waals surface area contributed by atoms with Gasteiger partial charge in [-0.25, -0.2) is 4.79 Å². The second kappa shape index (κ2) is 22.0. The number of carboxylic acid groups (broad SMARTS) is 2. The number of nitrogens with two attached hydrogens (primary N) is 3. The van der Waals surface area contributed by atoms with E-state index in [2.05, 4.69) is 31.6 Å². The van der Waals surface area contributed by atoms with E-state index in [0.29, 0.717) is 6.42 Å². The Hall–Kier alpha value is -5.05. The van der Waals surface area contributed by atoms with Crippen LogP contribution in [0.5, 0.6) is 0 Å². The van der Waals surface area contributed by atoms with Crippen LogP contribution in [0.1, 0.15) is 66.2 Å². The maximum Gasteiger partial charge on any atom is 0.326 e. The summed E-state index contributed by atoms with van der Waals surface area (Å²) in [5.41, 5.74) is 16.2. The molecule has 0 saturated carbocycles. The van der Waals surface area contributed by atoms with Gasteiger partial charge in [0.25, 0.3) is 0 Å². The van der Waals surface area contributed by atoms with Crippen molar-refractivity contribution in [3.8, 4) is 0 Å². The van der Waals surface area contributed by atoms with E-state index in [1.807, 2.05) is 0 Å². The number of likely N-dealkylation sites (tertiary alicyclic amines) is 1. The summed E-state index contributed by atoms with van der Waals surface area (Å²) in [4.78, 5) is 105. The fourth-order valence-electron chi connectivity index (χ4n) is 5.30. The zero-order chi connectivity index (χ0) is 39.7. The number of hydrogen-bond donors (Lipinski definition) is 11. The van der Waals surface area contributed by atoms with Crippen LogP contribution in [0.3, 0.4) is 0 Å². The summed E-state index contributed by atoms with van der Waals surface area (Å²) in [6, 6.07) is -7.63. The molecular formula is C31H54N10O11. The molecule has 0 aromatic rings. The minimum atomic E-state index is -1.55. The van der Waals surface area contributed by atoms with Crippen molar-refractivity contribution in [2.75, 3.05) is 26.2 Å². The lowest BCUT2D eigenvalue weighted by molar-refractivity contribution is -0.144. The Morgan fingerprint density at radius 2 is 1.48 bits per heavy atom. The average Bonchev–Trinajstić information content (AvgIpc) is 3.54. The maximum absolute atomic E-state index is 13.4. The summed E-state index contributed by atoms with van der Waals surface area (Å²) in [7, 11) is 0. The molecule has 0 aliphatic carbocycles. The predicted molar refractivity (Wildman–Crippen MR) is 185 cm³/mol. The molecule has 52 heavy (non-hydrogen) atoms. The lowest BCUT2D eigenvalue weighted by atomic mass is 9.99. The van der Waals surface area contributed by atoms with Crippen molar-refractivity contribution in [2.45, 2.75) is 102 Å². The van der Waals surface area contributed by atoms with Crippen molar-refractivity contribution in [3.63, 3.8) is 0 Å². The van der Waals surface area contributed by atoms with Crippen LogP contribution in [0.15, 0.2) is 4.99 Å². The highest BCUT2D eigenvalue weighted by Gasteiger charge is 2.37. The summed E-state index contributed by atoms with van der Waals surface area (Å²) in [6.45, 7) is 5.57. The van der Waals surface area contributed by atoms with Crippen LogP contribution in [0.4, 0.5) is 0 Å². The molecule has 0 spiro atoms. The highest BCUT2D eigenvalue weighted by Crippen LogP contribution is 2.19. The van der Waals surface area contributed by atoms with Crippen LogP contribution in [0, 0.1) is 11.8 Å². The highest BCUT2D eigenvalue weighted by molar-refractivity contribution is 5.96. The fraction of sp³-hybridized carbons (Fsp3) is 0.710. The van der Waals surface area contributed by atoms with E-state index in [0.717, 1.165) is 4.90 Å². The van der Waals surface area contributed by atoms with E-state index in [9.17, 15) is 48.6 Å². The Labute approximate surface area is 301 Å². The van der Waals surface area contributed by atoms with Crippen LogP contribution in [-0.2, 0) is 38.4 Å². The fourth-order valence-corrected chi connectivity index (χ4v) is 5.30. The summed E-state index contributed by atoms with van der Waals surface area (Å²) in [5, 5.41) is 40.5. The number of aliphatic carboxylic acids is 2. The van der Waals surface area contributed by atoms with E-state index in [-0.39, 0.29) is 50.7 Å². The molecule has 1 rings (SSSR count). The van der Waals surface area contributed by atoms with E-state index in [1.54, 1.807) is 27.7 Å². The van der Waals surface area contributed by atoms with Gasteiger partial charge in [-0.15, -0.1) is 0 Å². The number of guanidine groups is 1. The minimum Gasteiger partial charge on any atom is -0.481 e. The lowest BCUT2D eigenvalue weighted by Crippen LogP contribution is -2.60. The Balaban J connectivity index is 2.89. The quantitative estimate of drug-likeness (QED) is 0.0284. The molecule has 0 aromatic heterocycles. The summed E-state index contributed by atoms with van der Waals surface area (Å²) in [6.07, 6.45) is 0.405. The van der Waals surface area contributed by atoms with Gasteiger partial charge in [-0.2, -0.15) is 0 Å². The summed E-state index contributed by atoms with van der Waals surface area (Å²) < 4.78 is 0. The molecule has 0 aromatic carbocycles. The number of nitrogens with one attached hydrogen (secondary N) is 5. The van der Waals surface area contributed by atoms with Gasteiger partial charge in [0.05, 0.1) is 25.6 Å². The average molecular weight is 743 g/mol. The molecule has 0 radical (unpaired) electrons. The zero-order valence-corrected chi connectivity index (χ0v) is 29.9. The van der Waals surface area contributed by atoms with Gasteiger partial charge in [0, 0.05) is 13.1 Å². The lowest BCUT2D eigenvalue weighted by Gasteiger charge is -2.28. The molecule has 0 bridgehead atoms. The first-order chi connectivity index (χ1) is 24.3. The van der Waals surface area contributed by atoms with E-state index in [1.165, 1.54) is 0 Å². The first-order valence-electron chi connectivity index (χ1n) is 16.9. The number of carboxylic acids is 2. The van der Waals surface area contributed by atoms with Crippen molar-refractivity contribution < 1.29 is 53.7 Å². The molecule has 14 N–H and O–H groups in total. The number of nitrogens with zero attached hydrogens (tertiary/aromatic N) is 2. The molecular weight excluding hydrogens is 688 g/mol. The number of carbonyl (C=O) groups excluding carboxylic acids is 6. The third kappa shape index (κ3) is 15.5. The number of aliphatic hydroxyl groups is 1. The molecule has 6 amide bonds. The normalized spacial score (nSPS) is 16.8. The zero-order valence-electron chi connectivity index (χ0n) is 29.9. The Morgan fingerprint density at radius 1 is 0.865 bits per heavy atom. The summed E-state index contributed by atoms with van der Waals surface area (Å²) >= 11 is 0. The topological polar surface area (TPSA) is 351 Å². The number of carbonyl (C=O) groups is 8. The monoisotopic (exact) mass is 742 g/mol. The highest BCUT2D eigenvalue weighted by atomic mass is 16.4. The molecule has 1 heterocycles. The number of aliphatic hydroxyl groups excluding tert-OH is 1. The minimum absolute atomic E-state index is 0.00258. The SMILES string of the molecule is CC(C)C[C@H](NC(=O)[C@H](CO)NC(=O)CNC(=O)[C@@H]1CCCN1C(=O)[C@@H](N)CC(=O)O)C(=O)N[C@H](C(=O)N[C@@H](CCCN=C(N)N)C(=O)O)C(C)C. The Morgan fingerprint density at radius 3 is 2.02 bits per heavy atom. The van der Waals surface area contributed by atoms with Gasteiger partial charge < -0.3 is 64.0 Å². The van der Waals surface area contributed by atoms with Gasteiger partial charge in [0.1, 0.15) is 30.2 Å². The molecule has 6 atom stereocenters. The van der Waals surface area contributed by atoms with E-state index in [4.69, 9.17) is 22.3 Å². The Bertz CT molecular complexity index is 1320. The molecule has 1 aliphatic rings. The predicted octanol–water partition coefficient (Wildman–Crippen LogP) is -4.33. The van der Waals surface area contributed by atoms with Crippen molar-refractivity contribution in [3.05, 3.63) is 0 Å². The van der Waals surface area contributed by atoms with E-state index >= 15 is 0 Å². The van der Waals surface area contributed by atoms with Gasteiger partial charge in [-0.3, -0.25) is 38.6 Å². The van der Waals surface area contributed by atoms with Gasteiger partial charge in [-0.05, 0) is 43.9 Å². The number of rotatable bonds is 22. The molecule has 1 saturated heterocycles. The number of amides is 6. The molecule has 21 nitrogen and oxygen atoms in total. The van der Waals surface area contributed by atoms with Crippen LogP contribution in [0.2, 0.25) is 0 Å². The molecule has 0 unspecified atom stereocenters. The van der Waals surface area contributed by atoms with Crippen LogP contribution < -0.4 is 43.8 Å². The van der Waals surface area contributed by atoms with E-state index < -0.39 is 109 Å². The smallest absolute Gasteiger partial charge is 0.326 e. The van der Waals surface area contributed by atoms with Gasteiger partial charge >= 0.3 is 11.9 Å². The number of hydrogen-bond acceptors (Lipinski definition) is 11. The first-order valence-corrected chi connectivity index (χ1v) is 16.9. The first kappa shape index (κ1) is 45.0. The Kier molecular flexibility index (Phi) is 19.0. The van der Waals surface area contributed by atoms with Crippen molar-refractivity contribution >= 4 is 53.3 Å². The van der Waals surface area contributed by atoms with Crippen LogP contribution >= 0.6 is 0 Å². The largest absolute Gasteiger partial charge is 0.481 e. The molecule has 294 valence electrons. The molecule has 21 heteroatoms.